The average molecular weight is 299 g/mol. The van der Waals surface area contributed by atoms with E-state index in [0.29, 0.717) is 18.1 Å². The summed E-state index contributed by atoms with van der Waals surface area (Å²) in [6, 6.07) is 0. The Morgan fingerprint density at radius 1 is 1.50 bits per heavy atom. The topological polar surface area (TPSA) is 92.4 Å². The number of aromatic nitrogens is 2. The van der Waals surface area contributed by atoms with Gasteiger partial charge in [0, 0.05) is 19.0 Å². The van der Waals surface area contributed by atoms with Crippen molar-refractivity contribution in [3.05, 3.63) is 14.7 Å². The van der Waals surface area contributed by atoms with Crippen LogP contribution in [0.1, 0.15) is 31.2 Å². The van der Waals surface area contributed by atoms with E-state index in [1.807, 2.05) is 6.92 Å². The van der Waals surface area contributed by atoms with Crippen molar-refractivity contribution in [1.29, 1.82) is 0 Å². The molecule has 20 heavy (non-hydrogen) atoms. The number of esters is 1. The summed E-state index contributed by atoms with van der Waals surface area (Å²) in [4.78, 5) is 35.9. The summed E-state index contributed by atoms with van der Waals surface area (Å²) in [6.07, 6.45) is -0.232. The molecule has 0 spiro atoms. The Morgan fingerprint density at radius 3 is 2.85 bits per heavy atom. The smallest absolute Gasteiger partial charge is 0.322 e. The molecule has 110 valence electrons. The first-order chi connectivity index (χ1) is 9.51. The van der Waals surface area contributed by atoms with Crippen LogP contribution in [-0.2, 0) is 14.3 Å². The lowest BCUT2D eigenvalue weighted by Crippen LogP contribution is -2.31. The molecule has 0 aromatic carbocycles. The number of nitrogens with zero attached hydrogens (tertiary/aromatic N) is 2. The number of carbonyl (C=O) groups excluding carboxylic acids is 2. The fourth-order valence-corrected chi connectivity index (χ4v) is 3.17. The Balaban J connectivity index is 1.98. The van der Waals surface area contributed by atoms with Gasteiger partial charge in [-0.2, -0.15) is 5.10 Å². The molecular weight excluding hydrogens is 282 g/mol. The molecule has 2 atom stereocenters. The summed E-state index contributed by atoms with van der Waals surface area (Å²) >= 11 is 1.07. The lowest BCUT2D eigenvalue weighted by atomic mass is 9.99. The van der Waals surface area contributed by atoms with E-state index in [1.165, 1.54) is 0 Å². The van der Waals surface area contributed by atoms with Crippen LogP contribution in [0.3, 0.4) is 0 Å². The van der Waals surface area contributed by atoms with Crippen molar-refractivity contribution in [2.24, 2.45) is 5.92 Å². The van der Waals surface area contributed by atoms with E-state index in [1.54, 1.807) is 11.8 Å². The molecule has 0 unspecified atom stereocenters. The summed E-state index contributed by atoms with van der Waals surface area (Å²) < 4.78 is 4.77. The van der Waals surface area contributed by atoms with Crippen LogP contribution in [-0.4, -0.2) is 46.7 Å². The second-order valence-corrected chi connectivity index (χ2v) is 5.81. The molecule has 1 fully saturated rings. The molecule has 2 heterocycles. The first-order valence-corrected chi connectivity index (χ1v) is 7.31. The van der Waals surface area contributed by atoms with E-state index in [4.69, 9.17) is 4.74 Å². The largest absolute Gasteiger partial charge is 0.466 e. The van der Waals surface area contributed by atoms with Crippen LogP contribution in [0, 0.1) is 5.92 Å². The second kappa shape index (κ2) is 6.17. The van der Waals surface area contributed by atoms with Crippen molar-refractivity contribution in [2.45, 2.75) is 26.2 Å². The van der Waals surface area contributed by atoms with Crippen LogP contribution in [0.5, 0.6) is 0 Å². The number of carbonyl (C=O) groups is 2. The van der Waals surface area contributed by atoms with Crippen LogP contribution in [0.25, 0.3) is 0 Å². The normalized spacial score (nSPS) is 22.0. The first-order valence-electron chi connectivity index (χ1n) is 6.50. The molecule has 1 aromatic rings. The van der Waals surface area contributed by atoms with E-state index in [9.17, 15) is 14.4 Å². The Kier molecular flexibility index (Phi) is 4.53. The fraction of sp³-hybridized carbons (Fsp3) is 0.667. The van der Waals surface area contributed by atoms with Gasteiger partial charge in [0.1, 0.15) is 11.4 Å². The summed E-state index contributed by atoms with van der Waals surface area (Å²) in [5.74, 6) is -0.482. The number of ether oxygens (including phenoxy) is 1. The molecule has 0 radical (unpaired) electrons. The second-order valence-electron chi connectivity index (χ2n) is 4.82. The molecule has 1 aliphatic rings. The average Bonchev–Trinajstić information content (AvgIpc) is 2.95. The minimum atomic E-state index is -0.502. The van der Waals surface area contributed by atoms with Gasteiger partial charge >= 0.3 is 10.8 Å². The van der Waals surface area contributed by atoms with Crippen LogP contribution in [0.2, 0.25) is 0 Å². The van der Waals surface area contributed by atoms with Crippen molar-refractivity contribution in [3.63, 3.8) is 0 Å². The van der Waals surface area contributed by atoms with Gasteiger partial charge in [0.2, 0.25) is 5.91 Å². The van der Waals surface area contributed by atoms with Gasteiger partial charge in [0.05, 0.1) is 6.61 Å². The molecule has 1 aliphatic heterocycles. The highest BCUT2D eigenvalue weighted by Crippen LogP contribution is 2.32. The van der Waals surface area contributed by atoms with Crippen molar-refractivity contribution in [2.75, 3.05) is 19.7 Å². The van der Waals surface area contributed by atoms with Gasteiger partial charge in [-0.1, -0.05) is 18.3 Å². The summed E-state index contributed by atoms with van der Waals surface area (Å²) in [7, 11) is 0. The van der Waals surface area contributed by atoms with Crippen molar-refractivity contribution in [1.82, 2.24) is 15.1 Å². The highest BCUT2D eigenvalue weighted by atomic mass is 32.1. The van der Waals surface area contributed by atoms with Crippen molar-refractivity contribution < 1.29 is 14.3 Å². The molecule has 0 aliphatic carbocycles. The third kappa shape index (κ3) is 3.24. The van der Waals surface area contributed by atoms with E-state index < -0.39 is 5.97 Å². The van der Waals surface area contributed by atoms with Gasteiger partial charge in [-0.15, -0.1) is 0 Å². The third-order valence-corrected chi connectivity index (χ3v) is 4.22. The first kappa shape index (κ1) is 14.7. The zero-order valence-electron chi connectivity index (χ0n) is 11.4. The number of H-pyrrole nitrogens is 1. The molecule has 1 amide bonds. The van der Waals surface area contributed by atoms with Gasteiger partial charge in [0.25, 0.3) is 0 Å². The Hall–Kier alpha value is -1.70. The fourth-order valence-electron chi connectivity index (χ4n) is 2.34. The predicted molar refractivity (Wildman–Crippen MR) is 72.5 cm³/mol. The van der Waals surface area contributed by atoms with Crippen LogP contribution < -0.4 is 4.87 Å². The minimum Gasteiger partial charge on any atom is -0.466 e. The van der Waals surface area contributed by atoms with E-state index in [2.05, 4.69) is 10.2 Å². The van der Waals surface area contributed by atoms with E-state index in [0.717, 1.165) is 11.3 Å². The maximum absolute atomic E-state index is 12.0. The highest BCUT2D eigenvalue weighted by Gasteiger charge is 2.35. The van der Waals surface area contributed by atoms with Crippen LogP contribution >= 0.6 is 11.3 Å². The number of amides is 1. The quantitative estimate of drug-likeness (QED) is 0.639. The molecule has 8 heteroatoms. The molecule has 1 aromatic heterocycles. The molecule has 1 saturated heterocycles. The van der Waals surface area contributed by atoms with Crippen LogP contribution in [0.15, 0.2) is 4.79 Å². The predicted octanol–water partition coefficient (Wildman–Crippen LogP) is 0.346. The van der Waals surface area contributed by atoms with E-state index in [-0.39, 0.29) is 35.6 Å². The number of aromatic amines is 1. The standard InChI is InChI=1S/C12H17N3O4S/c1-3-19-10(17)4-9(16)15-5-7(2)8(6-15)11-13-14-12(18)20-11/h7-8H,3-6H2,1-2H3,(H,14,18)/t7-,8+/m1/s1. The molecule has 0 bridgehead atoms. The summed E-state index contributed by atoms with van der Waals surface area (Å²) in [5.41, 5.74) is 0. The highest BCUT2D eigenvalue weighted by molar-refractivity contribution is 7.08. The molecule has 2 rings (SSSR count). The monoisotopic (exact) mass is 299 g/mol. The lowest BCUT2D eigenvalue weighted by molar-refractivity contribution is -0.148. The van der Waals surface area contributed by atoms with Gasteiger partial charge in [0.15, 0.2) is 0 Å². The van der Waals surface area contributed by atoms with Gasteiger partial charge in [-0.05, 0) is 12.8 Å². The molecule has 0 saturated carbocycles. The minimum absolute atomic E-state index is 0.0464. The number of rotatable bonds is 4. The molecule has 7 nitrogen and oxygen atoms in total. The Morgan fingerprint density at radius 2 is 2.25 bits per heavy atom. The maximum atomic E-state index is 12.0. The van der Waals surface area contributed by atoms with Gasteiger partial charge in [-0.3, -0.25) is 14.4 Å². The number of nitrogens with one attached hydrogen (secondary N) is 1. The van der Waals surface area contributed by atoms with E-state index >= 15 is 0 Å². The lowest BCUT2D eigenvalue weighted by Gasteiger charge is -2.15. The number of likely N-dealkylation sites (tertiary alicyclic amines) is 1. The van der Waals surface area contributed by atoms with Crippen molar-refractivity contribution in [3.8, 4) is 0 Å². The Bertz CT molecular complexity index is 553. The van der Waals surface area contributed by atoms with Crippen LogP contribution in [0.4, 0.5) is 0 Å². The third-order valence-electron chi connectivity index (χ3n) is 3.34. The van der Waals surface area contributed by atoms with Gasteiger partial charge < -0.3 is 9.64 Å². The summed E-state index contributed by atoms with van der Waals surface area (Å²) in [6.45, 7) is 5.03. The number of hydrogen-bond donors (Lipinski definition) is 1. The maximum Gasteiger partial charge on any atom is 0.322 e. The molecule has 1 N–H and O–H groups in total. The molecular formula is C12H17N3O4S. The van der Waals surface area contributed by atoms with Crippen molar-refractivity contribution >= 4 is 23.2 Å². The number of hydrogen-bond acceptors (Lipinski definition) is 6. The van der Waals surface area contributed by atoms with Gasteiger partial charge in [-0.25, -0.2) is 5.10 Å². The summed E-state index contributed by atoms with van der Waals surface area (Å²) in [5, 5.41) is 7.09. The Labute approximate surface area is 119 Å². The zero-order chi connectivity index (χ0) is 14.7. The SMILES string of the molecule is CCOC(=O)CC(=O)N1C[C@@H](C)[C@@H](c2n[nH]c(=O)s2)C1. The zero-order valence-corrected chi connectivity index (χ0v) is 12.2.